The predicted octanol–water partition coefficient (Wildman–Crippen LogP) is 3.84. The highest BCUT2D eigenvalue weighted by Crippen LogP contribution is 2.26. The lowest BCUT2D eigenvalue weighted by molar-refractivity contribution is 0.0534. The molecule has 1 aliphatic heterocycles. The maximum Gasteiger partial charge on any atom is 0.271 e. The van der Waals surface area contributed by atoms with Gasteiger partial charge in [0, 0.05) is 36.8 Å². The number of benzene rings is 1. The van der Waals surface area contributed by atoms with Crippen molar-refractivity contribution in [1.29, 1.82) is 0 Å². The molecule has 4 rings (SSSR count). The molecule has 3 heterocycles. The molecular formula is C19H20FN3O2S. The van der Waals surface area contributed by atoms with Crippen molar-refractivity contribution in [2.45, 2.75) is 25.9 Å². The highest BCUT2D eigenvalue weighted by Gasteiger charge is 2.25. The van der Waals surface area contributed by atoms with Crippen LogP contribution in [0.15, 0.2) is 35.8 Å². The summed E-state index contributed by atoms with van der Waals surface area (Å²) in [5, 5.41) is 1.81. The maximum atomic E-state index is 14.0. The fourth-order valence-electron chi connectivity index (χ4n) is 3.29. The molecule has 0 spiro atoms. The molecule has 0 aliphatic carbocycles. The molecule has 7 heteroatoms. The number of hydrogen-bond donors (Lipinski definition) is 0. The first-order valence-corrected chi connectivity index (χ1v) is 9.67. The van der Waals surface area contributed by atoms with Gasteiger partial charge >= 0.3 is 0 Å². The van der Waals surface area contributed by atoms with Crippen LogP contribution in [0, 0.1) is 5.82 Å². The fraction of sp³-hybridized carbons (Fsp3) is 0.368. The van der Waals surface area contributed by atoms with Gasteiger partial charge < -0.3 is 9.64 Å². The number of likely N-dealkylation sites (N-methyl/N-ethyl adjacent to an activating group) is 1. The minimum absolute atomic E-state index is 0.0493. The molecule has 5 nitrogen and oxygen atoms in total. The highest BCUT2D eigenvalue weighted by atomic mass is 32.1. The smallest absolute Gasteiger partial charge is 0.271 e. The Morgan fingerprint density at radius 3 is 3.04 bits per heavy atom. The van der Waals surface area contributed by atoms with Gasteiger partial charge in [-0.15, -0.1) is 11.3 Å². The summed E-state index contributed by atoms with van der Waals surface area (Å²) in [6.45, 7) is 3.95. The first-order valence-electron chi connectivity index (χ1n) is 8.79. The number of nitrogens with zero attached hydrogens (tertiary/aromatic N) is 3. The lowest BCUT2D eigenvalue weighted by Gasteiger charge is -2.23. The van der Waals surface area contributed by atoms with E-state index in [1.54, 1.807) is 33.7 Å². The lowest BCUT2D eigenvalue weighted by Crippen LogP contribution is -2.37. The summed E-state index contributed by atoms with van der Waals surface area (Å²) in [6.07, 6.45) is 3.89. The van der Waals surface area contributed by atoms with Crippen LogP contribution in [0.3, 0.4) is 0 Å². The number of carbonyl (C=O) groups is 1. The Balaban J connectivity index is 1.63. The molecule has 1 aromatic carbocycles. The molecule has 0 unspecified atom stereocenters. The van der Waals surface area contributed by atoms with Crippen LogP contribution in [0.5, 0.6) is 0 Å². The average molecular weight is 373 g/mol. The van der Waals surface area contributed by atoms with Crippen LogP contribution < -0.4 is 0 Å². The lowest BCUT2D eigenvalue weighted by atomic mass is 10.1. The van der Waals surface area contributed by atoms with E-state index in [0.29, 0.717) is 35.0 Å². The molecule has 136 valence electrons. The molecule has 26 heavy (non-hydrogen) atoms. The summed E-state index contributed by atoms with van der Waals surface area (Å²) in [7, 11) is 0. The van der Waals surface area contributed by atoms with Gasteiger partial charge in [0.1, 0.15) is 11.5 Å². The van der Waals surface area contributed by atoms with Gasteiger partial charge in [0.2, 0.25) is 0 Å². The molecule has 2 aromatic heterocycles. The van der Waals surface area contributed by atoms with E-state index in [1.807, 2.05) is 12.3 Å². The van der Waals surface area contributed by atoms with E-state index in [-0.39, 0.29) is 17.8 Å². The standard InChI is InChI=1S/C19H20FN3O2S/c1-2-22(10-13-6-5-9-25-13)18(24)17-12-26-19-21-16(11-23(17)19)14-7-3-4-8-15(14)20/h3-4,7-8,11-13H,2,5-6,9-10H2,1H3/t13-/m1/s1. The van der Waals surface area contributed by atoms with Gasteiger partial charge in [-0.25, -0.2) is 9.37 Å². The summed E-state index contributed by atoms with van der Waals surface area (Å²) < 4.78 is 21.5. The van der Waals surface area contributed by atoms with Gasteiger partial charge in [0.15, 0.2) is 4.96 Å². The first kappa shape index (κ1) is 17.2. The minimum atomic E-state index is -0.320. The van der Waals surface area contributed by atoms with E-state index in [9.17, 15) is 9.18 Å². The number of hydrogen-bond acceptors (Lipinski definition) is 4. The molecule has 1 saturated heterocycles. The summed E-state index contributed by atoms with van der Waals surface area (Å²) in [5.74, 6) is -0.369. The Morgan fingerprint density at radius 2 is 2.31 bits per heavy atom. The van der Waals surface area contributed by atoms with Crippen molar-refractivity contribution in [1.82, 2.24) is 14.3 Å². The third kappa shape index (κ3) is 3.12. The van der Waals surface area contributed by atoms with Gasteiger partial charge in [-0.2, -0.15) is 0 Å². The Hall–Kier alpha value is -2.25. The van der Waals surface area contributed by atoms with E-state index in [4.69, 9.17) is 4.74 Å². The number of imidazole rings is 1. The predicted molar refractivity (Wildman–Crippen MR) is 99.0 cm³/mol. The number of amides is 1. The molecule has 1 fully saturated rings. The van der Waals surface area contributed by atoms with Crippen molar-refractivity contribution in [3.05, 3.63) is 47.4 Å². The number of rotatable bonds is 5. The number of aromatic nitrogens is 2. The largest absolute Gasteiger partial charge is 0.376 e. The van der Waals surface area contributed by atoms with Gasteiger partial charge in [-0.05, 0) is 31.9 Å². The quantitative estimate of drug-likeness (QED) is 0.683. The van der Waals surface area contributed by atoms with Crippen LogP contribution in [0.4, 0.5) is 4.39 Å². The Kier molecular flexibility index (Phi) is 4.74. The molecule has 0 radical (unpaired) electrons. The monoisotopic (exact) mass is 373 g/mol. The second-order valence-electron chi connectivity index (χ2n) is 6.36. The molecule has 1 amide bonds. The summed E-state index contributed by atoms with van der Waals surface area (Å²) in [6, 6.07) is 6.53. The second kappa shape index (κ2) is 7.17. The van der Waals surface area contributed by atoms with Crippen LogP contribution >= 0.6 is 11.3 Å². The van der Waals surface area contributed by atoms with Crippen LogP contribution in [0.25, 0.3) is 16.2 Å². The zero-order chi connectivity index (χ0) is 18.1. The number of thiazole rings is 1. The Bertz CT molecular complexity index is 930. The van der Waals surface area contributed by atoms with Gasteiger partial charge in [0.05, 0.1) is 11.8 Å². The molecule has 0 saturated carbocycles. The molecule has 0 N–H and O–H groups in total. The zero-order valence-corrected chi connectivity index (χ0v) is 15.3. The average Bonchev–Trinajstić information content (AvgIpc) is 3.36. The van der Waals surface area contributed by atoms with E-state index in [0.717, 1.165) is 19.4 Å². The zero-order valence-electron chi connectivity index (χ0n) is 14.5. The van der Waals surface area contributed by atoms with Crippen LogP contribution in [0.1, 0.15) is 30.3 Å². The molecule has 1 aliphatic rings. The molecule has 0 bridgehead atoms. The minimum Gasteiger partial charge on any atom is -0.376 e. The van der Waals surface area contributed by atoms with Crippen molar-refractivity contribution < 1.29 is 13.9 Å². The fourth-order valence-corrected chi connectivity index (χ4v) is 4.14. The molecular weight excluding hydrogens is 353 g/mol. The normalized spacial score (nSPS) is 17.1. The SMILES string of the molecule is CCN(C[C@H]1CCCO1)C(=O)c1csc2nc(-c3ccccc3F)cn12. The van der Waals surface area contributed by atoms with E-state index in [1.165, 1.54) is 17.4 Å². The Morgan fingerprint density at radius 1 is 1.46 bits per heavy atom. The molecule has 3 aromatic rings. The van der Waals surface area contributed by atoms with Gasteiger partial charge in [-0.1, -0.05) is 12.1 Å². The summed E-state index contributed by atoms with van der Waals surface area (Å²) in [4.78, 5) is 20.0. The number of ether oxygens (including phenoxy) is 1. The van der Waals surface area contributed by atoms with Gasteiger partial charge in [-0.3, -0.25) is 9.20 Å². The maximum absolute atomic E-state index is 14.0. The third-order valence-corrected chi connectivity index (χ3v) is 5.53. The van der Waals surface area contributed by atoms with E-state index in [2.05, 4.69) is 4.98 Å². The van der Waals surface area contributed by atoms with Crippen molar-refractivity contribution in [2.24, 2.45) is 0 Å². The number of carbonyl (C=O) groups excluding carboxylic acids is 1. The van der Waals surface area contributed by atoms with E-state index < -0.39 is 0 Å². The van der Waals surface area contributed by atoms with Crippen LogP contribution in [-0.2, 0) is 4.74 Å². The second-order valence-corrected chi connectivity index (χ2v) is 7.19. The van der Waals surface area contributed by atoms with Crippen LogP contribution in [-0.4, -0.2) is 46.0 Å². The number of halogens is 1. The van der Waals surface area contributed by atoms with Crippen LogP contribution in [0.2, 0.25) is 0 Å². The van der Waals surface area contributed by atoms with Crippen molar-refractivity contribution >= 4 is 22.2 Å². The summed E-state index contributed by atoms with van der Waals surface area (Å²) in [5.41, 5.74) is 1.53. The van der Waals surface area contributed by atoms with Crippen molar-refractivity contribution in [3.63, 3.8) is 0 Å². The third-order valence-electron chi connectivity index (χ3n) is 4.69. The first-order chi connectivity index (χ1) is 12.7. The Labute approximate surface area is 155 Å². The topological polar surface area (TPSA) is 46.8 Å². The van der Waals surface area contributed by atoms with Crippen molar-refractivity contribution in [3.8, 4) is 11.3 Å². The van der Waals surface area contributed by atoms with Gasteiger partial charge in [0.25, 0.3) is 5.91 Å². The molecule has 1 atom stereocenters. The van der Waals surface area contributed by atoms with Crippen molar-refractivity contribution in [2.75, 3.05) is 19.7 Å². The highest BCUT2D eigenvalue weighted by molar-refractivity contribution is 7.15. The number of fused-ring (bicyclic) bond motifs is 1. The van der Waals surface area contributed by atoms with E-state index >= 15 is 0 Å². The summed E-state index contributed by atoms with van der Waals surface area (Å²) >= 11 is 1.38.